The second-order valence-corrected chi connectivity index (χ2v) is 5.39. The lowest BCUT2D eigenvalue weighted by molar-refractivity contribution is 0.720. The fourth-order valence-corrected chi connectivity index (χ4v) is 2.67. The number of hydrogen-bond donors (Lipinski definition) is 1. The molecule has 1 aromatic carbocycles. The third-order valence-electron chi connectivity index (χ3n) is 3.48. The van der Waals surface area contributed by atoms with Gasteiger partial charge in [0, 0.05) is 16.6 Å². The van der Waals surface area contributed by atoms with E-state index in [0.29, 0.717) is 6.04 Å². The van der Waals surface area contributed by atoms with Crippen LogP contribution in [0.3, 0.4) is 0 Å². The Labute approximate surface area is 112 Å². The zero-order valence-electron chi connectivity index (χ0n) is 10.6. The first kappa shape index (κ1) is 11.6. The molecule has 0 spiro atoms. The Hall–Kier alpha value is -1.48. The number of nitrogen functional groups attached to an aromatic ring is 1. The Bertz CT molecular complexity index is 612. The van der Waals surface area contributed by atoms with Gasteiger partial charge in [0.05, 0.1) is 0 Å². The van der Waals surface area contributed by atoms with Gasteiger partial charge in [-0.05, 0) is 44.4 Å². The number of halogens is 1. The summed E-state index contributed by atoms with van der Waals surface area (Å²) in [5, 5.41) is 0.744. The van der Waals surface area contributed by atoms with Gasteiger partial charge < -0.3 is 10.3 Å². The molecule has 1 heterocycles. The molecule has 2 aromatic rings. The molecule has 0 radical (unpaired) electrons. The first-order valence-electron chi connectivity index (χ1n) is 6.18. The van der Waals surface area contributed by atoms with Crippen LogP contribution in [0.5, 0.6) is 0 Å². The van der Waals surface area contributed by atoms with Crippen molar-refractivity contribution in [2.75, 3.05) is 5.73 Å². The van der Waals surface area contributed by atoms with Crippen LogP contribution in [0, 0.1) is 13.8 Å². The monoisotopic (exact) mass is 261 g/mol. The lowest BCUT2D eigenvalue weighted by Crippen LogP contribution is -2.02. The highest BCUT2D eigenvalue weighted by Crippen LogP contribution is 2.41. The van der Waals surface area contributed by atoms with Gasteiger partial charge in [0.15, 0.2) is 0 Å². The van der Waals surface area contributed by atoms with Crippen molar-refractivity contribution in [1.82, 2.24) is 9.55 Å². The van der Waals surface area contributed by atoms with E-state index in [0.717, 1.165) is 33.5 Å². The van der Waals surface area contributed by atoms with Crippen LogP contribution in [0.4, 0.5) is 5.82 Å². The minimum Gasteiger partial charge on any atom is -0.383 e. The van der Waals surface area contributed by atoms with Crippen molar-refractivity contribution in [3.05, 3.63) is 34.6 Å². The molecule has 4 heteroatoms. The maximum atomic E-state index is 6.25. The number of benzene rings is 1. The maximum Gasteiger partial charge on any atom is 0.131 e. The largest absolute Gasteiger partial charge is 0.383 e. The van der Waals surface area contributed by atoms with Crippen LogP contribution < -0.4 is 5.73 Å². The molecule has 18 heavy (non-hydrogen) atoms. The van der Waals surface area contributed by atoms with Crippen LogP contribution in [-0.4, -0.2) is 9.55 Å². The Kier molecular flexibility index (Phi) is 2.59. The summed E-state index contributed by atoms with van der Waals surface area (Å²) in [6.07, 6.45) is 2.42. The summed E-state index contributed by atoms with van der Waals surface area (Å²) in [7, 11) is 0. The van der Waals surface area contributed by atoms with Gasteiger partial charge in [-0.2, -0.15) is 0 Å². The number of imidazole rings is 1. The lowest BCUT2D eigenvalue weighted by atomic mass is 10.1. The summed E-state index contributed by atoms with van der Waals surface area (Å²) in [4.78, 5) is 4.63. The molecule has 1 aliphatic rings. The zero-order valence-corrected chi connectivity index (χ0v) is 11.3. The number of nitrogens with zero attached hydrogens (tertiary/aromatic N) is 2. The Morgan fingerprint density at radius 1 is 1.33 bits per heavy atom. The molecule has 0 aliphatic heterocycles. The van der Waals surface area contributed by atoms with Gasteiger partial charge in [-0.1, -0.05) is 17.7 Å². The SMILES string of the molecule is Cc1cc(Cl)ccc1-c1nc(C)n(C2CC2)c1N. The molecule has 1 fully saturated rings. The van der Waals surface area contributed by atoms with Crippen molar-refractivity contribution in [2.24, 2.45) is 0 Å². The quantitative estimate of drug-likeness (QED) is 0.895. The fourth-order valence-electron chi connectivity index (χ4n) is 2.45. The predicted molar refractivity (Wildman–Crippen MR) is 74.8 cm³/mol. The van der Waals surface area contributed by atoms with Gasteiger partial charge in [-0.3, -0.25) is 0 Å². The summed E-state index contributed by atoms with van der Waals surface area (Å²) in [6, 6.07) is 6.38. The van der Waals surface area contributed by atoms with Gasteiger partial charge >= 0.3 is 0 Å². The third kappa shape index (κ3) is 1.79. The van der Waals surface area contributed by atoms with Gasteiger partial charge in [0.1, 0.15) is 17.3 Å². The molecule has 0 saturated heterocycles. The number of aromatic nitrogens is 2. The molecule has 3 rings (SSSR count). The Morgan fingerprint density at radius 3 is 2.67 bits per heavy atom. The van der Waals surface area contributed by atoms with Crippen molar-refractivity contribution in [2.45, 2.75) is 32.7 Å². The fraction of sp³-hybridized carbons (Fsp3) is 0.357. The molecular formula is C14H16ClN3. The second-order valence-electron chi connectivity index (χ2n) is 4.95. The average Bonchev–Trinajstić information content (AvgIpc) is 3.07. The van der Waals surface area contributed by atoms with Crippen molar-refractivity contribution < 1.29 is 0 Å². The van der Waals surface area contributed by atoms with E-state index in [9.17, 15) is 0 Å². The van der Waals surface area contributed by atoms with Crippen LogP contribution >= 0.6 is 11.6 Å². The van der Waals surface area contributed by atoms with Gasteiger partial charge in [0.25, 0.3) is 0 Å². The molecule has 1 aliphatic carbocycles. The highest BCUT2D eigenvalue weighted by atomic mass is 35.5. The molecule has 0 atom stereocenters. The predicted octanol–water partition coefficient (Wildman–Crippen LogP) is 3.74. The highest BCUT2D eigenvalue weighted by molar-refractivity contribution is 6.30. The van der Waals surface area contributed by atoms with Crippen LogP contribution in [0.15, 0.2) is 18.2 Å². The average molecular weight is 262 g/mol. The first-order chi connectivity index (χ1) is 8.58. The molecule has 94 valence electrons. The minimum absolute atomic E-state index is 0.554. The van der Waals surface area contributed by atoms with E-state index in [2.05, 4.69) is 9.55 Å². The van der Waals surface area contributed by atoms with Crippen molar-refractivity contribution in [3.8, 4) is 11.3 Å². The summed E-state index contributed by atoms with van der Waals surface area (Å²) < 4.78 is 2.16. The maximum absolute atomic E-state index is 6.25. The van der Waals surface area contributed by atoms with Gasteiger partial charge in [-0.15, -0.1) is 0 Å². The van der Waals surface area contributed by atoms with Crippen LogP contribution in [0.25, 0.3) is 11.3 Å². The lowest BCUT2D eigenvalue weighted by Gasteiger charge is -2.07. The Morgan fingerprint density at radius 2 is 2.06 bits per heavy atom. The number of anilines is 1. The first-order valence-corrected chi connectivity index (χ1v) is 6.56. The number of aryl methyl sites for hydroxylation is 2. The summed E-state index contributed by atoms with van der Waals surface area (Å²) in [5.41, 5.74) is 9.31. The number of hydrogen-bond acceptors (Lipinski definition) is 2. The number of nitrogens with two attached hydrogens (primary N) is 1. The van der Waals surface area contributed by atoms with Gasteiger partial charge in [0.2, 0.25) is 0 Å². The molecule has 0 bridgehead atoms. The summed E-state index contributed by atoms with van der Waals surface area (Å²) >= 11 is 5.98. The van der Waals surface area contributed by atoms with E-state index in [1.165, 1.54) is 12.8 Å². The Balaban J connectivity index is 2.14. The number of rotatable bonds is 2. The van der Waals surface area contributed by atoms with Crippen molar-refractivity contribution >= 4 is 17.4 Å². The van der Waals surface area contributed by atoms with E-state index in [1.807, 2.05) is 32.0 Å². The third-order valence-corrected chi connectivity index (χ3v) is 3.72. The summed E-state index contributed by atoms with van der Waals surface area (Å²) in [5.74, 6) is 1.78. The highest BCUT2D eigenvalue weighted by Gasteiger charge is 2.28. The van der Waals surface area contributed by atoms with Crippen LogP contribution in [-0.2, 0) is 0 Å². The molecule has 2 N–H and O–H groups in total. The van der Waals surface area contributed by atoms with Gasteiger partial charge in [-0.25, -0.2) is 4.98 Å². The van der Waals surface area contributed by atoms with Crippen molar-refractivity contribution in [3.63, 3.8) is 0 Å². The minimum atomic E-state index is 0.554. The van der Waals surface area contributed by atoms with E-state index >= 15 is 0 Å². The molecule has 1 saturated carbocycles. The molecule has 1 aromatic heterocycles. The van der Waals surface area contributed by atoms with Crippen LogP contribution in [0.1, 0.15) is 30.3 Å². The van der Waals surface area contributed by atoms with E-state index in [-0.39, 0.29) is 0 Å². The van der Waals surface area contributed by atoms with E-state index in [4.69, 9.17) is 17.3 Å². The molecule has 0 amide bonds. The van der Waals surface area contributed by atoms with E-state index < -0.39 is 0 Å². The smallest absolute Gasteiger partial charge is 0.131 e. The normalized spacial score (nSPS) is 15.1. The topological polar surface area (TPSA) is 43.8 Å². The standard InChI is InChI=1S/C14H16ClN3/c1-8-7-10(15)3-6-12(8)13-14(16)18(9(2)17-13)11-4-5-11/h3,6-7,11H,4-5,16H2,1-2H3. The van der Waals surface area contributed by atoms with Crippen molar-refractivity contribution in [1.29, 1.82) is 0 Å². The molecule has 3 nitrogen and oxygen atoms in total. The zero-order chi connectivity index (χ0) is 12.9. The molecule has 0 unspecified atom stereocenters. The van der Waals surface area contributed by atoms with Crippen LogP contribution in [0.2, 0.25) is 5.02 Å². The second kappa shape index (κ2) is 4.02. The van der Waals surface area contributed by atoms with E-state index in [1.54, 1.807) is 0 Å². The summed E-state index contributed by atoms with van der Waals surface area (Å²) in [6.45, 7) is 4.05. The molecular weight excluding hydrogens is 246 g/mol.